The van der Waals surface area contributed by atoms with Gasteiger partial charge >= 0.3 is 5.97 Å². The van der Waals surface area contributed by atoms with Gasteiger partial charge in [-0.05, 0) is 54.2 Å². The van der Waals surface area contributed by atoms with Crippen LogP contribution in [0.4, 0.5) is 0 Å². The van der Waals surface area contributed by atoms with Gasteiger partial charge in [0, 0.05) is 12.0 Å². The van der Waals surface area contributed by atoms with Crippen molar-refractivity contribution < 1.29 is 14.3 Å². The lowest BCUT2D eigenvalue weighted by Gasteiger charge is -2.10. The van der Waals surface area contributed by atoms with Crippen LogP contribution >= 0.6 is 0 Å². The second-order valence-electron chi connectivity index (χ2n) is 7.26. The third-order valence-corrected chi connectivity index (χ3v) is 5.17. The molecule has 0 amide bonds. The van der Waals surface area contributed by atoms with Crippen LogP contribution < -0.4 is 4.74 Å². The molecule has 3 heteroatoms. The molecule has 0 saturated carbocycles. The molecule has 148 valence electrons. The van der Waals surface area contributed by atoms with Crippen molar-refractivity contribution in [1.82, 2.24) is 0 Å². The van der Waals surface area contributed by atoms with Gasteiger partial charge in [-0.3, -0.25) is 4.79 Å². The summed E-state index contributed by atoms with van der Waals surface area (Å²) in [6, 6.07) is 24.1. The standard InChI is InChI=1S/C26H26O3/c1-3-19(2)23-9-7-8-20(18-23)12-17-25(27)21-13-15-22(16-14-21)26(28)29-24-10-5-4-6-11-24/h4-11,13-16,18-19H,3,12,17H2,1-2H3. The topological polar surface area (TPSA) is 43.4 Å². The van der Waals surface area contributed by atoms with Crippen molar-refractivity contribution in [2.24, 2.45) is 0 Å². The van der Waals surface area contributed by atoms with E-state index in [4.69, 9.17) is 4.74 Å². The van der Waals surface area contributed by atoms with Crippen LogP contribution in [-0.4, -0.2) is 11.8 Å². The number of carbonyl (C=O) groups excluding carboxylic acids is 2. The molecule has 3 rings (SSSR count). The Labute approximate surface area is 172 Å². The van der Waals surface area contributed by atoms with Crippen LogP contribution in [0.25, 0.3) is 0 Å². The van der Waals surface area contributed by atoms with E-state index in [1.54, 1.807) is 36.4 Å². The second kappa shape index (κ2) is 9.83. The smallest absolute Gasteiger partial charge is 0.343 e. The van der Waals surface area contributed by atoms with E-state index >= 15 is 0 Å². The lowest BCUT2D eigenvalue weighted by atomic mass is 9.95. The molecule has 0 spiro atoms. The fraction of sp³-hybridized carbons (Fsp3) is 0.231. The molecule has 3 nitrogen and oxygen atoms in total. The van der Waals surface area contributed by atoms with Gasteiger partial charge in [-0.1, -0.05) is 68.4 Å². The van der Waals surface area contributed by atoms with E-state index in [1.807, 2.05) is 18.2 Å². The van der Waals surface area contributed by atoms with Crippen LogP contribution in [0, 0.1) is 0 Å². The Morgan fingerprint density at radius 3 is 2.24 bits per heavy atom. The van der Waals surface area contributed by atoms with Gasteiger partial charge in [0.1, 0.15) is 5.75 Å². The number of hydrogen-bond donors (Lipinski definition) is 0. The van der Waals surface area contributed by atoms with Crippen LogP contribution in [-0.2, 0) is 6.42 Å². The molecule has 0 saturated heterocycles. The zero-order valence-corrected chi connectivity index (χ0v) is 16.9. The number of ketones is 1. The zero-order valence-electron chi connectivity index (χ0n) is 16.9. The minimum Gasteiger partial charge on any atom is -0.423 e. The summed E-state index contributed by atoms with van der Waals surface area (Å²) < 4.78 is 5.32. The fourth-order valence-electron chi connectivity index (χ4n) is 3.14. The SMILES string of the molecule is CCC(C)c1cccc(CCC(=O)c2ccc(C(=O)Oc3ccccc3)cc2)c1. The summed E-state index contributed by atoms with van der Waals surface area (Å²) in [5, 5.41) is 0. The molecule has 0 bridgehead atoms. The van der Waals surface area contributed by atoms with Gasteiger partial charge in [0.2, 0.25) is 0 Å². The molecule has 0 heterocycles. The van der Waals surface area contributed by atoms with E-state index in [9.17, 15) is 9.59 Å². The Kier molecular flexibility index (Phi) is 6.96. The molecule has 29 heavy (non-hydrogen) atoms. The van der Waals surface area contributed by atoms with Gasteiger partial charge < -0.3 is 4.74 Å². The summed E-state index contributed by atoms with van der Waals surface area (Å²) in [6.07, 6.45) is 2.25. The zero-order chi connectivity index (χ0) is 20.6. The van der Waals surface area contributed by atoms with E-state index in [1.165, 1.54) is 11.1 Å². The summed E-state index contributed by atoms with van der Waals surface area (Å²) in [6.45, 7) is 4.40. The van der Waals surface area contributed by atoms with E-state index in [-0.39, 0.29) is 5.78 Å². The number of esters is 1. The average Bonchev–Trinajstić information content (AvgIpc) is 2.78. The molecule has 0 aliphatic heterocycles. The lowest BCUT2D eigenvalue weighted by molar-refractivity contribution is 0.0734. The third-order valence-electron chi connectivity index (χ3n) is 5.17. The minimum absolute atomic E-state index is 0.0712. The number of ether oxygens (including phenoxy) is 1. The van der Waals surface area contributed by atoms with Crippen molar-refractivity contribution in [2.75, 3.05) is 0 Å². The van der Waals surface area contributed by atoms with Crippen LogP contribution in [0.3, 0.4) is 0 Å². The number of Topliss-reactive ketones (excluding diaryl/α,β-unsaturated/α-hetero) is 1. The van der Waals surface area contributed by atoms with E-state index in [0.29, 0.717) is 35.6 Å². The third kappa shape index (κ3) is 5.64. The number of carbonyl (C=O) groups is 2. The summed E-state index contributed by atoms with van der Waals surface area (Å²) in [7, 11) is 0. The molecule has 0 aromatic heterocycles. The number of aryl methyl sites for hydroxylation is 1. The van der Waals surface area contributed by atoms with Gasteiger partial charge in [-0.25, -0.2) is 4.79 Å². The largest absolute Gasteiger partial charge is 0.423 e. The van der Waals surface area contributed by atoms with E-state index in [2.05, 4.69) is 38.1 Å². The second-order valence-corrected chi connectivity index (χ2v) is 7.26. The monoisotopic (exact) mass is 386 g/mol. The highest BCUT2D eigenvalue weighted by Crippen LogP contribution is 2.20. The Balaban J connectivity index is 1.58. The van der Waals surface area contributed by atoms with Crippen molar-refractivity contribution in [3.63, 3.8) is 0 Å². The Morgan fingerprint density at radius 2 is 1.55 bits per heavy atom. The first-order chi connectivity index (χ1) is 14.1. The van der Waals surface area contributed by atoms with Gasteiger partial charge in [0.15, 0.2) is 5.78 Å². The number of para-hydroxylation sites is 1. The first-order valence-corrected chi connectivity index (χ1v) is 10.1. The minimum atomic E-state index is -0.433. The Morgan fingerprint density at radius 1 is 0.862 bits per heavy atom. The van der Waals surface area contributed by atoms with Gasteiger partial charge in [-0.15, -0.1) is 0 Å². The van der Waals surface area contributed by atoms with Crippen molar-refractivity contribution in [1.29, 1.82) is 0 Å². The van der Waals surface area contributed by atoms with Crippen molar-refractivity contribution in [3.05, 3.63) is 101 Å². The van der Waals surface area contributed by atoms with E-state index < -0.39 is 5.97 Å². The van der Waals surface area contributed by atoms with E-state index in [0.717, 1.165) is 6.42 Å². The molecule has 1 unspecified atom stereocenters. The Hall–Kier alpha value is -3.20. The molecule has 1 atom stereocenters. The predicted molar refractivity (Wildman–Crippen MR) is 116 cm³/mol. The van der Waals surface area contributed by atoms with Gasteiger partial charge in [-0.2, -0.15) is 0 Å². The maximum absolute atomic E-state index is 12.5. The maximum Gasteiger partial charge on any atom is 0.343 e. The summed E-state index contributed by atoms with van der Waals surface area (Å²) in [4.78, 5) is 24.8. The summed E-state index contributed by atoms with van der Waals surface area (Å²) in [5.41, 5.74) is 3.53. The quantitative estimate of drug-likeness (QED) is 0.262. The Bertz CT molecular complexity index is 959. The highest BCUT2D eigenvalue weighted by atomic mass is 16.5. The van der Waals surface area contributed by atoms with Crippen molar-refractivity contribution in [3.8, 4) is 5.75 Å². The highest BCUT2D eigenvalue weighted by molar-refractivity contribution is 5.98. The molecular weight excluding hydrogens is 360 g/mol. The van der Waals surface area contributed by atoms with Crippen molar-refractivity contribution >= 4 is 11.8 Å². The van der Waals surface area contributed by atoms with Crippen LogP contribution in [0.1, 0.15) is 64.4 Å². The molecule has 0 radical (unpaired) electrons. The maximum atomic E-state index is 12.5. The average molecular weight is 386 g/mol. The first-order valence-electron chi connectivity index (χ1n) is 10.1. The van der Waals surface area contributed by atoms with Gasteiger partial charge in [0.25, 0.3) is 0 Å². The lowest BCUT2D eigenvalue weighted by Crippen LogP contribution is -2.09. The molecule has 0 aliphatic rings. The fourth-order valence-corrected chi connectivity index (χ4v) is 3.14. The molecule has 0 fully saturated rings. The molecule has 3 aromatic rings. The van der Waals surface area contributed by atoms with Crippen LogP contribution in [0.2, 0.25) is 0 Å². The molecule has 3 aromatic carbocycles. The predicted octanol–water partition coefficient (Wildman–Crippen LogP) is 6.23. The van der Waals surface area contributed by atoms with Gasteiger partial charge in [0.05, 0.1) is 5.56 Å². The number of hydrogen-bond acceptors (Lipinski definition) is 3. The molecular formula is C26H26O3. The summed E-state index contributed by atoms with van der Waals surface area (Å²) in [5.74, 6) is 0.657. The molecule has 0 N–H and O–H groups in total. The van der Waals surface area contributed by atoms with Crippen molar-refractivity contribution in [2.45, 2.75) is 39.0 Å². The first kappa shape index (κ1) is 20.5. The molecule has 0 aliphatic carbocycles. The van der Waals surface area contributed by atoms with Crippen LogP contribution in [0.5, 0.6) is 5.75 Å². The normalized spacial score (nSPS) is 11.7. The highest BCUT2D eigenvalue weighted by Gasteiger charge is 2.12. The summed E-state index contributed by atoms with van der Waals surface area (Å²) >= 11 is 0. The number of benzene rings is 3. The van der Waals surface area contributed by atoms with Crippen LogP contribution in [0.15, 0.2) is 78.9 Å². The number of rotatable bonds is 8.